The van der Waals surface area contributed by atoms with E-state index < -0.39 is 0 Å². The Kier molecular flexibility index (Phi) is 17.3. The van der Waals surface area contributed by atoms with Crippen LogP contribution in [0.2, 0.25) is 0 Å². The Morgan fingerprint density at radius 3 is 2.18 bits per heavy atom. The van der Waals surface area contributed by atoms with Gasteiger partial charge < -0.3 is 31.5 Å². The Bertz CT molecular complexity index is 676. The molecule has 39 heavy (non-hydrogen) atoms. The molecule has 232 valence electrons. The number of halogens is 1. The van der Waals surface area contributed by atoms with Gasteiger partial charge in [-0.25, -0.2) is 0 Å². The van der Waals surface area contributed by atoms with Crippen molar-refractivity contribution < 1.29 is 16.4 Å². The molecule has 0 aromatic heterocycles. The smallest absolute Gasteiger partial charge is 0.0373 e. The first-order chi connectivity index (χ1) is 17.4. The molecule has 6 nitrogen and oxygen atoms in total. The average molecular weight is 574 g/mol. The lowest BCUT2D eigenvalue weighted by Crippen LogP contribution is -2.48. The van der Waals surface area contributed by atoms with Gasteiger partial charge in [-0.1, -0.05) is 38.3 Å². The molecule has 1 saturated heterocycles. The maximum Gasteiger partial charge on any atom is 0.0373 e. The number of alkyl halides is 1. The second-order valence-corrected chi connectivity index (χ2v) is 14.4. The third kappa shape index (κ3) is 11.5. The molecule has 7 heteroatoms. The predicted molar refractivity (Wildman–Crippen MR) is 168 cm³/mol. The van der Waals surface area contributed by atoms with Crippen LogP contribution in [0.4, 0.5) is 0 Å². The van der Waals surface area contributed by atoms with E-state index in [2.05, 4.69) is 49.1 Å². The number of piperidine rings is 1. The predicted octanol–water partition coefficient (Wildman–Crippen LogP) is 4.73. The van der Waals surface area contributed by atoms with Gasteiger partial charge in [0, 0.05) is 24.5 Å². The first kappa shape index (κ1) is 36.8. The van der Waals surface area contributed by atoms with Gasteiger partial charge in [-0.2, -0.15) is 0 Å². The fourth-order valence-electron chi connectivity index (χ4n) is 8.09. The van der Waals surface area contributed by atoms with Crippen molar-refractivity contribution in [3.8, 4) is 0 Å². The van der Waals surface area contributed by atoms with Crippen molar-refractivity contribution in [1.29, 1.82) is 0 Å². The fourth-order valence-corrected chi connectivity index (χ4v) is 8.29. The van der Waals surface area contributed by atoms with E-state index in [0.717, 1.165) is 36.0 Å². The molecular formula is C32H64ClN3O3. The Hall–Kier alpha value is -0.210. The summed E-state index contributed by atoms with van der Waals surface area (Å²) < 4.78 is 0. The van der Waals surface area contributed by atoms with E-state index in [-0.39, 0.29) is 16.4 Å². The number of allylic oxidation sites excluding steroid dienone is 2. The Labute approximate surface area is 245 Å². The monoisotopic (exact) mass is 573 g/mol. The van der Waals surface area contributed by atoms with Crippen molar-refractivity contribution in [3.63, 3.8) is 0 Å². The molecule has 1 heterocycles. The second-order valence-electron chi connectivity index (χ2n) is 13.8. The molecule has 0 spiro atoms. The van der Waals surface area contributed by atoms with Crippen molar-refractivity contribution >= 4 is 11.6 Å². The van der Waals surface area contributed by atoms with Crippen molar-refractivity contribution in [3.05, 3.63) is 11.6 Å². The number of nitrogens with one attached hydrogen (secondary N) is 1. The molecule has 7 N–H and O–H groups in total. The lowest BCUT2D eigenvalue weighted by molar-refractivity contribution is 0.123. The normalized spacial score (nSPS) is 31.6. The lowest BCUT2D eigenvalue weighted by atomic mass is 9.68. The van der Waals surface area contributed by atoms with Gasteiger partial charge in [0.25, 0.3) is 0 Å². The van der Waals surface area contributed by atoms with Gasteiger partial charge >= 0.3 is 0 Å². The topological polar surface area (TPSA) is 113 Å². The van der Waals surface area contributed by atoms with Gasteiger partial charge in [-0.15, -0.1) is 11.6 Å². The summed E-state index contributed by atoms with van der Waals surface area (Å²) in [5.41, 5.74) is 1.73. The molecule has 3 unspecified atom stereocenters. The molecular weight excluding hydrogens is 510 g/mol. The van der Waals surface area contributed by atoms with Gasteiger partial charge in [0.05, 0.1) is 0 Å². The summed E-state index contributed by atoms with van der Waals surface area (Å²) in [4.78, 5) is 5.16. The molecule has 4 aliphatic rings. The largest absolute Gasteiger partial charge is 0.412 e. The summed E-state index contributed by atoms with van der Waals surface area (Å²) in [6.07, 6.45) is 20.6. The Morgan fingerprint density at radius 1 is 0.897 bits per heavy atom. The Balaban J connectivity index is 0.00000253. The van der Waals surface area contributed by atoms with E-state index in [1.54, 1.807) is 5.57 Å². The maximum atomic E-state index is 6.32. The summed E-state index contributed by atoms with van der Waals surface area (Å²) in [6, 6.07) is 0.634. The standard InChI is InChI=1S/C32H58ClN3.3H2O/c1-24(2)32(23-36-18-16-29(17-19-36)27-12-14-31(33)15-13-27)34-21-26-6-5-7-30(20-26)28-10-8-25(9-11-28)22-35(3)4;;;/h12,24-26,28-32,34H,5-11,13-23H2,1-4H3;3*1H2/t25?,26?,28?,30?,31?,32-;;;/m0.../s1. The average Bonchev–Trinajstić information content (AvgIpc) is 2.87. The molecule has 2 saturated carbocycles. The molecule has 1 aliphatic heterocycles. The summed E-state index contributed by atoms with van der Waals surface area (Å²) in [5.74, 6) is 5.41. The third-order valence-electron chi connectivity index (χ3n) is 10.4. The van der Waals surface area contributed by atoms with E-state index >= 15 is 0 Å². The summed E-state index contributed by atoms with van der Waals surface area (Å²) in [6.45, 7) is 11.2. The van der Waals surface area contributed by atoms with Crippen LogP contribution in [-0.4, -0.2) is 84.5 Å². The van der Waals surface area contributed by atoms with Gasteiger partial charge in [0.1, 0.15) is 0 Å². The minimum Gasteiger partial charge on any atom is -0.412 e. The molecule has 4 atom stereocenters. The first-order valence-electron chi connectivity index (χ1n) is 15.8. The van der Waals surface area contributed by atoms with E-state index in [1.807, 2.05) is 0 Å². The van der Waals surface area contributed by atoms with Crippen LogP contribution in [0, 0.1) is 35.5 Å². The first-order valence-corrected chi connectivity index (χ1v) is 16.2. The summed E-state index contributed by atoms with van der Waals surface area (Å²) in [5, 5.41) is 4.48. The quantitative estimate of drug-likeness (QED) is 0.301. The van der Waals surface area contributed by atoms with Crippen molar-refractivity contribution in [2.75, 3.05) is 46.8 Å². The highest BCUT2D eigenvalue weighted by Crippen LogP contribution is 2.41. The van der Waals surface area contributed by atoms with Gasteiger partial charge in [0.15, 0.2) is 0 Å². The van der Waals surface area contributed by atoms with Crippen molar-refractivity contribution in [1.82, 2.24) is 15.1 Å². The number of rotatable bonds is 10. The highest BCUT2D eigenvalue weighted by molar-refractivity contribution is 6.20. The van der Waals surface area contributed by atoms with Crippen LogP contribution in [0.25, 0.3) is 0 Å². The van der Waals surface area contributed by atoms with E-state index in [1.165, 1.54) is 110 Å². The van der Waals surface area contributed by atoms with Crippen LogP contribution in [0.5, 0.6) is 0 Å². The van der Waals surface area contributed by atoms with Gasteiger partial charge in [0.2, 0.25) is 0 Å². The zero-order valence-corrected chi connectivity index (χ0v) is 26.5. The van der Waals surface area contributed by atoms with Crippen molar-refractivity contribution in [2.45, 2.75) is 109 Å². The molecule has 0 amide bonds. The SMILES string of the molecule is CC(C)[C@H](CN1CCC(C2=CCC(Cl)CC2)CC1)NCC1CCCC(C2CCC(CN(C)C)CC2)C1.O.O.O. The van der Waals surface area contributed by atoms with Crippen LogP contribution in [0.1, 0.15) is 97.3 Å². The van der Waals surface area contributed by atoms with Gasteiger partial charge in [-0.05, 0) is 140 Å². The molecule has 4 rings (SSSR count). The van der Waals surface area contributed by atoms with Crippen LogP contribution < -0.4 is 5.32 Å². The number of likely N-dealkylation sites (tertiary alicyclic amines) is 1. The number of hydrogen-bond donors (Lipinski definition) is 1. The summed E-state index contributed by atoms with van der Waals surface area (Å²) >= 11 is 6.32. The highest BCUT2D eigenvalue weighted by atomic mass is 35.5. The van der Waals surface area contributed by atoms with Crippen LogP contribution in [-0.2, 0) is 0 Å². The maximum absolute atomic E-state index is 6.32. The minimum atomic E-state index is 0. The summed E-state index contributed by atoms with van der Waals surface area (Å²) in [7, 11) is 4.48. The molecule has 3 fully saturated rings. The zero-order chi connectivity index (χ0) is 25.5. The molecule has 3 aliphatic carbocycles. The molecule has 0 bridgehead atoms. The van der Waals surface area contributed by atoms with E-state index in [4.69, 9.17) is 11.6 Å². The molecule has 0 aromatic carbocycles. The highest BCUT2D eigenvalue weighted by Gasteiger charge is 2.32. The minimum absolute atomic E-state index is 0. The third-order valence-corrected chi connectivity index (χ3v) is 10.8. The number of nitrogens with zero attached hydrogens (tertiary/aromatic N) is 2. The Morgan fingerprint density at radius 2 is 1.59 bits per heavy atom. The zero-order valence-electron chi connectivity index (χ0n) is 25.7. The van der Waals surface area contributed by atoms with E-state index in [0.29, 0.717) is 17.3 Å². The molecule has 0 aromatic rings. The molecule has 0 radical (unpaired) electrons. The van der Waals surface area contributed by atoms with Crippen LogP contribution in [0.15, 0.2) is 11.6 Å². The van der Waals surface area contributed by atoms with Crippen LogP contribution in [0.3, 0.4) is 0 Å². The van der Waals surface area contributed by atoms with Crippen LogP contribution >= 0.6 is 11.6 Å². The van der Waals surface area contributed by atoms with Gasteiger partial charge in [-0.3, -0.25) is 0 Å². The van der Waals surface area contributed by atoms with E-state index in [9.17, 15) is 0 Å². The van der Waals surface area contributed by atoms with Crippen molar-refractivity contribution in [2.24, 2.45) is 35.5 Å². The second kappa shape index (κ2) is 18.4. The fraction of sp³-hybridized carbons (Fsp3) is 0.938. The number of hydrogen-bond acceptors (Lipinski definition) is 3. The lowest BCUT2D eigenvalue weighted by Gasteiger charge is -2.40.